The molecule has 1 heterocycles. The van der Waals surface area contributed by atoms with Gasteiger partial charge in [-0.25, -0.2) is 0 Å². The number of carboxylic acids is 1. The summed E-state index contributed by atoms with van der Waals surface area (Å²) in [6, 6.07) is 6.77. The number of halogens is 2. The molecule has 0 bridgehead atoms. The van der Waals surface area contributed by atoms with Crippen LogP contribution in [0.15, 0.2) is 30.3 Å². The van der Waals surface area contributed by atoms with E-state index >= 15 is 0 Å². The number of likely N-dealkylation sites (tertiary alicyclic amines) is 1. The van der Waals surface area contributed by atoms with Gasteiger partial charge in [-0.2, -0.15) is 8.78 Å². The molecule has 0 aromatic heterocycles. The van der Waals surface area contributed by atoms with Crippen LogP contribution < -0.4 is 0 Å². The molecule has 0 aliphatic carbocycles. The van der Waals surface area contributed by atoms with E-state index in [-0.39, 0.29) is 18.7 Å². The fourth-order valence-corrected chi connectivity index (χ4v) is 1.77. The number of carbonyl (C=O) groups excluding carboxylic acids is 1. The van der Waals surface area contributed by atoms with Crippen molar-refractivity contribution in [1.29, 1.82) is 0 Å². The molecular weight excluding hydrogens is 244 g/mol. The Morgan fingerprint density at radius 2 is 1.78 bits per heavy atom. The molecule has 1 aliphatic heterocycles. The highest BCUT2D eigenvalue weighted by atomic mass is 19.3. The summed E-state index contributed by atoms with van der Waals surface area (Å²) >= 11 is 0. The van der Waals surface area contributed by atoms with Gasteiger partial charge >= 0.3 is 11.9 Å². The maximum Gasteiger partial charge on any atom is 0.349 e. The largest absolute Gasteiger partial charge is 0.481 e. The number of aliphatic carboxylic acids is 1. The average Bonchev–Trinajstić information content (AvgIpc) is 2.27. The first-order valence-corrected chi connectivity index (χ1v) is 5.38. The molecule has 0 radical (unpaired) electrons. The molecule has 1 saturated heterocycles. The Balaban J connectivity index is 2.08. The topological polar surface area (TPSA) is 57.6 Å². The van der Waals surface area contributed by atoms with Crippen LogP contribution in [0.5, 0.6) is 0 Å². The van der Waals surface area contributed by atoms with Crippen molar-refractivity contribution in [3.05, 3.63) is 35.9 Å². The maximum absolute atomic E-state index is 13.8. The second kappa shape index (κ2) is 4.36. The first kappa shape index (κ1) is 12.5. The number of benzene rings is 1. The molecule has 1 aromatic rings. The summed E-state index contributed by atoms with van der Waals surface area (Å²) in [7, 11) is 0. The van der Waals surface area contributed by atoms with E-state index < -0.39 is 23.7 Å². The van der Waals surface area contributed by atoms with E-state index in [0.29, 0.717) is 0 Å². The molecule has 0 atom stereocenters. The summed E-state index contributed by atoms with van der Waals surface area (Å²) in [6.07, 6.45) is 0. The molecule has 1 fully saturated rings. The number of amides is 1. The van der Waals surface area contributed by atoms with E-state index in [1.54, 1.807) is 6.07 Å². The number of hydrogen-bond donors (Lipinski definition) is 1. The van der Waals surface area contributed by atoms with E-state index in [2.05, 4.69) is 0 Å². The van der Waals surface area contributed by atoms with E-state index in [0.717, 1.165) is 4.90 Å². The van der Waals surface area contributed by atoms with Gasteiger partial charge in [-0.05, 0) is 0 Å². The molecule has 4 nitrogen and oxygen atoms in total. The van der Waals surface area contributed by atoms with Crippen LogP contribution in [-0.4, -0.2) is 35.0 Å². The molecule has 1 aromatic carbocycles. The van der Waals surface area contributed by atoms with E-state index in [4.69, 9.17) is 5.11 Å². The van der Waals surface area contributed by atoms with Crippen molar-refractivity contribution in [1.82, 2.24) is 4.90 Å². The minimum atomic E-state index is -3.61. The number of rotatable bonds is 3. The number of alkyl halides is 2. The maximum atomic E-state index is 13.8. The van der Waals surface area contributed by atoms with Crippen LogP contribution in [0.3, 0.4) is 0 Å². The minimum absolute atomic E-state index is 0.156. The quantitative estimate of drug-likeness (QED) is 0.886. The molecule has 1 aliphatic rings. The SMILES string of the molecule is O=C(O)C1CN(C(=O)C(F)(F)c2ccccc2)C1. The predicted molar refractivity (Wildman–Crippen MR) is 58.0 cm³/mol. The predicted octanol–water partition coefficient (Wildman–Crippen LogP) is 1.32. The van der Waals surface area contributed by atoms with Crippen LogP contribution in [-0.2, 0) is 15.5 Å². The van der Waals surface area contributed by atoms with Crippen LogP contribution in [0.1, 0.15) is 5.56 Å². The molecule has 18 heavy (non-hydrogen) atoms. The van der Waals surface area contributed by atoms with Crippen LogP contribution in [0, 0.1) is 5.92 Å². The lowest BCUT2D eigenvalue weighted by Gasteiger charge is -2.38. The van der Waals surface area contributed by atoms with Crippen LogP contribution >= 0.6 is 0 Å². The summed E-state index contributed by atoms with van der Waals surface area (Å²) in [5.74, 6) is -6.75. The van der Waals surface area contributed by atoms with Gasteiger partial charge < -0.3 is 10.0 Å². The summed E-state index contributed by atoms with van der Waals surface area (Å²) in [5, 5.41) is 8.63. The fourth-order valence-electron chi connectivity index (χ4n) is 1.77. The Hall–Kier alpha value is -1.98. The number of carboxylic acid groups (broad SMARTS) is 1. The van der Waals surface area contributed by atoms with Gasteiger partial charge in [0.15, 0.2) is 0 Å². The minimum Gasteiger partial charge on any atom is -0.481 e. The number of hydrogen-bond acceptors (Lipinski definition) is 2. The molecule has 6 heteroatoms. The smallest absolute Gasteiger partial charge is 0.349 e. The van der Waals surface area contributed by atoms with Crippen molar-refractivity contribution < 1.29 is 23.5 Å². The number of nitrogens with zero attached hydrogens (tertiary/aromatic N) is 1. The lowest BCUT2D eigenvalue weighted by molar-refractivity contribution is -0.170. The van der Waals surface area contributed by atoms with Crippen molar-refractivity contribution in [2.75, 3.05) is 13.1 Å². The molecular formula is C12H11F2NO3. The standard InChI is InChI=1S/C12H11F2NO3/c13-12(14,9-4-2-1-3-5-9)11(18)15-6-8(7-15)10(16)17/h1-5,8H,6-7H2,(H,16,17). The van der Waals surface area contributed by atoms with Gasteiger partial charge in [0.2, 0.25) is 0 Å². The molecule has 0 unspecified atom stereocenters. The third-order valence-electron chi connectivity index (χ3n) is 2.92. The van der Waals surface area contributed by atoms with Gasteiger partial charge in [0.25, 0.3) is 5.91 Å². The van der Waals surface area contributed by atoms with Crippen molar-refractivity contribution in [3.63, 3.8) is 0 Å². The normalized spacial score (nSPS) is 16.2. The van der Waals surface area contributed by atoms with E-state index in [1.165, 1.54) is 24.3 Å². The zero-order chi connectivity index (χ0) is 13.3. The summed E-state index contributed by atoms with van der Waals surface area (Å²) in [4.78, 5) is 23.0. The third-order valence-corrected chi connectivity index (χ3v) is 2.92. The van der Waals surface area contributed by atoms with Crippen LogP contribution in [0.4, 0.5) is 8.78 Å². The zero-order valence-corrected chi connectivity index (χ0v) is 9.35. The molecule has 96 valence electrons. The molecule has 1 amide bonds. The third kappa shape index (κ3) is 2.05. The van der Waals surface area contributed by atoms with Gasteiger partial charge in [-0.3, -0.25) is 9.59 Å². The second-order valence-electron chi connectivity index (χ2n) is 4.19. The lowest BCUT2D eigenvalue weighted by Crippen LogP contribution is -2.56. The summed E-state index contributed by atoms with van der Waals surface area (Å²) in [6.45, 7) is -0.312. The van der Waals surface area contributed by atoms with Gasteiger partial charge in [0.1, 0.15) is 0 Å². The second-order valence-corrected chi connectivity index (χ2v) is 4.19. The Kier molecular flexibility index (Phi) is 3.02. The first-order chi connectivity index (χ1) is 8.43. The molecule has 0 saturated carbocycles. The molecule has 1 N–H and O–H groups in total. The summed E-state index contributed by atoms with van der Waals surface area (Å²) in [5.41, 5.74) is -0.381. The lowest BCUT2D eigenvalue weighted by atomic mass is 9.98. The van der Waals surface area contributed by atoms with Crippen LogP contribution in [0.2, 0.25) is 0 Å². The van der Waals surface area contributed by atoms with Crippen molar-refractivity contribution in [2.24, 2.45) is 5.92 Å². The zero-order valence-electron chi connectivity index (χ0n) is 9.35. The van der Waals surface area contributed by atoms with Crippen molar-refractivity contribution in [2.45, 2.75) is 5.92 Å². The average molecular weight is 255 g/mol. The summed E-state index contributed by atoms with van der Waals surface area (Å²) < 4.78 is 27.6. The highest BCUT2D eigenvalue weighted by molar-refractivity contribution is 5.87. The Bertz CT molecular complexity index is 469. The van der Waals surface area contributed by atoms with Gasteiger partial charge in [0, 0.05) is 18.7 Å². The van der Waals surface area contributed by atoms with Crippen molar-refractivity contribution >= 4 is 11.9 Å². The molecule has 0 spiro atoms. The monoisotopic (exact) mass is 255 g/mol. The van der Waals surface area contributed by atoms with Gasteiger partial charge in [-0.1, -0.05) is 30.3 Å². The van der Waals surface area contributed by atoms with Gasteiger partial charge in [-0.15, -0.1) is 0 Å². The Labute approximate surface area is 102 Å². The number of carbonyl (C=O) groups is 2. The highest BCUT2D eigenvalue weighted by Crippen LogP contribution is 2.32. The highest BCUT2D eigenvalue weighted by Gasteiger charge is 2.48. The van der Waals surface area contributed by atoms with Crippen molar-refractivity contribution in [3.8, 4) is 0 Å². The Morgan fingerprint density at radius 1 is 1.22 bits per heavy atom. The van der Waals surface area contributed by atoms with E-state index in [1.807, 2.05) is 0 Å². The first-order valence-electron chi connectivity index (χ1n) is 5.38. The molecule has 2 rings (SSSR count). The fraction of sp³-hybridized carbons (Fsp3) is 0.333. The van der Waals surface area contributed by atoms with Crippen LogP contribution in [0.25, 0.3) is 0 Å². The van der Waals surface area contributed by atoms with Gasteiger partial charge in [0.05, 0.1) is 5.92 Å². The van der Waals surface area contributed by atoms with E-state index in [9.17, 15) is 18.4 Å². The Morgan fingerprint density at radius 3 is 2.28 bits per heavy atom.